The number of nitro groups is 1. The van der Waals surface area contributed by atoms with Crippen LogP contribution in [0, 0.1) is 10.1 Å². The van der Waals surface area contributed by atoms with Crippen LogP contribution in [0.15, 0.2) is 27.2 Å². The van der Waals surface area contributed by atoms with E-state index >= 15 is 0 Å². The Bertz CT molecular complexity index is 485. The summed E-state index contributed by atoms with van der Waals surface area (Å²) in [6.07, 6.45) is 2.19. The minimum absolute atomic E-state index is 0.126. The lowest BCUT2D eigenvalue weighted by atomic mass is 10.2. The summed E-state index contributed by atoms with van der Waals surface area (Å²) < 4.78 is 0.755. The molecule has 7 heteroatoms. The number of halogens is 2. The van der Waals surface area contributed by atoms with Crippen LogP contribution < -0.4 is 0 Å². The zero-order valence-electron chi connectivity index (χ0n) is 7.68. The minimum atomic E-state index is -1.12. The molecule has 0 aliphatic heterocycles. The van der Waals surface area contributed by atoms with Gasteiger partial charge in [-0.05, 0) is 33.6 Å². The van der Waals surface area contributed by atoms with E-state index in [0.29, 0.717) is 10.0 Å². The maximum absolute atomic E-state index is 10.7. The van der Waals surface area contributed by atoms with E-state index in [2.05, 4.69) is 31.9 Å². The Balaban J connectivity index is 3.29. The number of hydrogen-bond donors (Lipinski definition) is 1. The van der Waals surface area contributed by atoms with Crippen molar-refractivity contribution in [2.24, 2.45) is 0 Å². The van der Waals surface area contributed by atoms with Crippen molar-refractivity contribution >= 4 is 49.6 Å². The van der Waals surface area contributed by atoms with Gasteiger partial charge in [0.15, 0.2) is 0 Å². The first-order chi connectivity index (χ1) is 7.41. The summed E-state index contributed by atoms with van der Waals surface area (Å²) in [5.41, 5.74) is 0.294. The van der Waals surface area contributed by atoms with Crippen molar-refractivity contribution in [3.05, 3.63) is 42.8 Å². The molecule has 1 N–H and O–H groups in total. The highest BCUT2D eigenvalue weighted by Crippen LogP contribution is 2.32. The van der Waals surface area contributed by atoms with Crippen LogP contribution in [0.2, 0.25) is 0 Å². The van der Waals surface area contributed by atoms with Crippen molar-refractivity contribution < 1.29 is 14.8 Å². The fourth-order valence-electron chi connectivity index (χ4n) is 1.01. The van der Waals surface area contributed by atoms with E-state index in [1.165, 1.54) is 12.1 Å². The normalized spacial score (nSPS) is 10.6. The molecule has 0 aliphatic carbocycles. The molecule has 1 aromatic carbocycles. The fraction of sp³-hybridized carbons (Fsp3) is 0. The summed E-state index contributed by atoms with van der Waals surface area (Å²) >= 11 is 6.18. The van der Waals surface area contributed by atoms with Crippen LogP contribution in [0.4, 0.5) is 5.69 Å². The Labute approximate surface area is 107 Å². The molecule has 1 aromatic rings. The molecule has 0 spiro atoms. The highest BCUT2D eigenvalue weighted by atomic mass is 79.9. The van der Waals surface area contributed by atoms with Gasteiger partial charge in [0.25, 0.3) is 5.69 Å². The molecule has 0 unspecified atom stereocenters. The van der Waals surface area contributed by atoms with Gasteiger partial charge in [-0.25, -0.2) is 4.79 Å². The summed E-state index contributed by atoms with van der Waals surface area (Å²) in [5.74, 6) is -1.12. The third kappa shape index (κ3) is 3.14. The quantitative estimate of drug-likeness (QED) is 0.515. The van der Waals surface area contributed by atoms with Crippen LogP contribution in [0.5, 0.6) is 0 Å². The van der Waals surface area contributed by atoms with E-state index in [1.54, 1.807) is 6.07 Å². The van der Waals surface area contributed by atoms with Gasteiger partial charge in [-0.3, -0.25) is 10.1 Å². The number of nitro benzene ring substituents is 1. The summed E-state index contributed by atoms with van der Waals surface area (Å²) in [5, 5.41) is 19.1. The molecular formula is C9H5Br2NO4. The number of carboxylic acids is 1. The smallest absolute Gasteiger partial charge is 0.328 e. The Morgan fingerprint density at radius 1 is 1.44 bits per heavy atom. The lowest BCUT2D eigenvalue weighted by Crippen LogP contribution is -1.92. The maximum atomic E-state index is 10.7. The molecule has 0 aromatic heterocycles. The average molecular weight is 351 g/mol. The molecule has 16 heavy (non-hydrogen) atoms. The number of nitrogens with zero attached hydrogens (tertiary/aromatic N) is 1. The first-order valence-electron chi connectivity index (χ1n) is 3.96. The number of benzene rings is 1. The molecule has 5 nitrogen and oxygen atoms in total. The lowest BCUT2D eigenvalue weighted by Gasteiger charge is -2.01. The van der Waals surface area contributed by atoms with Crippen LogP contribution in [0.3, 0.4) is 0 Å². The van der Waals surface area contributed by atoms with Gasteiger partial charge in [0.1, 0.15) is 4.47 Å². The maximum Gasteiger partial charge on any atom is 0.328 e. The Morgan fingerprint density at radius 3 is 2.56 bits per heavy atom. The van der Waals surface area contributed by atoms with Crippen LogP contribution in [-0.4, -0.2) is 16.0 Å². The third-order valence-electron chi connectivity index (χ3n) is 1.65. The summed E-state index contributed by atoms with van der Waals surface area (Å²) in [6.45, 7) is 0. The van der Waals surface area contributed by atoms with Gasteiger partial charge >= 0.3 is 5.97 Å². The standard InChI is InChI=1S/C9H5Br2NO4/c10-6-3-5(1-2-8(13)14)9(11)7(4-6)12(15)16/h1-4H,(H,13,14)/b2-1+. The van der Waals surface area contributed by atoms with Gasteiger partial charge in [0, 0.05) is 16.6 Å². The lowest BCUT2D eigenvalue weighted by molar-refractivity contribution is -0.385. The monoisotopic (exact) mass is 349 g/mol. The molecule has 0 fully saturated rings. The fourth-order valence-corrected chi connectivity index (χ4v) is 1.98. The number of hydrogen-bond acceptors (Lipinski definition) is 3. The molecular weight excluding hydrogens is 346 g/mol. The van der Waals surface area contributed by atoms with Gasteiger partial charge in [0.2, 0.25) is 0 Å². The van der Waals surface area contributed by atoms with Crippen LogP contribution >= 0.6 is 31.9 Å². The topological polar surface area (TPSA) is 80.4 Å². The Kier molecular flexibility index (Phi) is 4.19. The van der Waals surface area contributed by atoms with E-state index in [1.807, 2.05) is 0 Å². The number of carboxylic acid groups (broad SMARTS) is 1. The van der Waals surface area contributed by atoms with Crippen molar-refractivity contribution in [1.82, 2.24) is 0 Å². The van der Waals surface area contributed by atoms with E-state index < -0.39 is 10.9 Å². The van der Waals surface area contributed by atoms with E-state index in [0.717, 1.165) is 6.08 Å². The highest BCUT2D eigenvalue weighted by Gasteiger charge is 2.15. The molecule has 0 bridgehead atoms. The second-order valence-electron chi connectivity index (χ2n) is 2.76. The summed E-state index contributed by atoms with van der Waals surface area (Å²) in [6, 6.07) is 2.92. The molecule has 0 amide bonds. The SMILES string of the molecule is O=C(O)/C=C/c1cc(Br)cc([N+](=O)[O-])c1Br. The minimum Gasteiger partial charge on any atom is -0.478 e. The third-order valence-corrected chi connectivity index (χ3v) is 2.97. The molecule has 84 valence electrons. The highest BCUT2D eigenvalue weighted by molar-refractivity contribution is 9.11. The van der Waals surface area contributed by atoms with Crippen molar-refractivity contribution in [3.63, 3.8) is 0 Å². The van der Waals surface area contributed by atoms with Gasteiger partial charge in [-0.2, -0.15) is 0 Å². The zero-order chi connectivity index (χ0) is 12.3. The van der Waals surface area contributed by atoms with Gasteiger partial charge in [0.05, 0.1) is 4.92 Å². The van der Waals surface area contributed by atoms with Crippen LogP contribution in [-0.2, 0) is 4.79 Å². The molecule has 0 radical (unpaired) electrons. The average Bonchev–Trinajstić information content (AvgIpc) is 2.18. The number of rotatable bonds is 3. The molecule has 0 heterocycles. The molecule has 1 rings (SSSR count). The second-order valence-corrected chi connectivity index (χ2v) is 4.47. The van der Waals surface area contributed by atoms with E-state index in [4.69, 9.17) is 5.11 Å². The summed E-state index contributed by atoms with van der Waals surface area (Å²) in [7, 11) is 0. The predicted molar refractivity (Wildman–Crippen MR) is 65.2 cm³/mol. The van der Waals surface area contributed by atoms with E-state index in [-0.39, 0.29) is 10.2 Å². The van der Waals surface area contributed by atoms with Crippen LogP contribution in [0.25, 0.3) is 6.08 Å². The van der Waals surface area contributed by atoms with Crippen molar-refractivity contribution in [2.45, 2.75) is 0 Å². The Morgan fingerprint density at radius 2 is 2.06 bits per heavy atom. The van der Waals surface area contributed by atoms with Crippen molar-refractivity contribution in [1.29, 1.82) is 0 Å². The van der Waals surface area contributed by atoms with Gasteiger partial charge in [-0.1, -0.05) is 15.9 Å². The summed E-state index contributed by atoms with van der Waals surface area (Å²) in [4.78, 5) is 20.5. The van der Waals surface area contributed by atoms with Crippen molar-refractivity contribution in [2.75, 3.05) is 0 Å². The molecule has 0 saturated heterocycles. The molecule has 0 saturated carbocycles. The predicted octanol–water partition coefficient (Wildman–Crippen LogP) is 3.22. The molecule has 0 aliphatic rings. The van der Waals surface area contributed by atoms with Gasteiger partial charge in [-0.15, -0.1) is 0 Å². The van der Waals surface area contributed by atoms with Crippen LogP contribution in [0.1, 0.15) is 5.56 Å². The second kappa shape index (κ2) is 5.22. The zero-order valence-corrected chi connectivity index (χ0v) is 10.9. The van der Waals surface area contributed by atoms with Crippen molar-refractivity contribution in [3.8, 4) is 0 Å². The Hall–Kier alpha value is -1.21. The van der Waals surface area contributed by atoms with Gasteiger partial charge < -0.3 is 5.11 Å². The van der Waals surface area contributed by atoms with E-state index in [9.17, 15) is 14.9 Å². The first-order valence-corrected chi connectivity index (χ1v) is 5.55. The molecule has 0 atom stereocenters. The largest absolute Gasteiger partial charge is 0.478 e. The number of carbonyl (C=O) groups is 1. The number of aliphatic carboxylic acids is 1. The first kappa shape index (κ1) is 12.9.